The van der Waals surface area contributed by atoms with Crippen molar-refractivity contribution < 1.29 is 17.9 Å². The standard InChI is InChI=1S/C22H29IN2O4S/c1-14(2)19-12-20(15(3)11-21(19)29-5)16(4)24-22(26)13-25(30(6,27)28)18-9-7-17(23)8-10-18/h7-12,14,16H,13H2,1-6H3,(H,24,26)/t16-/m1/s1. The first-order valence-corrected chi connectivity index (χ1v) is 12.6. The van der Waals surface area contributed by atoms with Crippen LogP contribution in [0.5, 0.6) is 5.75 Å². The van der Waals surface area contributed by atoms with E-state index in [4.69, 9.17) is 4.74 Å². The number of ether oxygens (including phenoxy) is 1. The van der Waals surface area contributed by atoms with Crippen LogP contribution in [0.2, 0.25) is 0 Å². The maximum Gasteiger partial charge on any atom is 0.241 e. The Hall–Kier alpha value is -1.81. The van der Waals surface area contributed by atoms with Gasteiger partial charge in [-0.1, -0.05) is 13.8 Å². The van der Waals surface area contributed by atoms with Crippen LogP contribution in [0.25, 0.3) is 0 Å². The smallest absolute Gasteiger partial charge is 0.241 e. The molecule has 2 rings (SSSR count). The molecule has 164 valence electrons. The average Bonchev–Trinajstić information content (AvgIpc) is 2.65. The van der Waals surface area contributed by atoms with Gasteiger partial charge < -0.3 is 10.1 Å². The zero-order valence-corrected chi connectivity index (χ0v) is 21.2. The lowest BCUT2D eigenvalue weighted by atomic mass is 9.93. The largest absolute Gasteiger partial charge is 0.496 e. The first-order chi connectivity index (χ1) is 13.9. The van der Waals surface area contributed by atoms with E-state index in [0.29, 0.717) is 5.69 Å². The fourth-order valence-corrected chi connectivity index (χ4v) is 4.53. The van der Waals surface area contributed by atoms with Crippen molar-refractivity contribution in [3.8, 4) is 5.75 Å². The Bertz CT molecular complexity index is 1000. The number of hydrogen-bond donors (Lipinski definition) is 1. The molecule has 0 bridgehead atoms. The van der Waals surface area contributed by atoms with Crippen LogP contribution in [-0.2, 0) is 14.8 Å². The first kappa shape index (κ1) is 24.5. The third kappa shape index (κ3) is 6.10. The summed E-state index contributed by atoms with van der Waals surface area (Å²) < 4.78 is 32.2. The second-order valence-corrected chi connectivity index (χ2v) is 10.8. The number of halogens is 1. The van der Waals surface area contributed by atoms with Gasteiger partial charge in [-0.2, -0.15) is 0 Å². The molecule has 0 saturated heterocycles. The van der Waals surface area contributed by atoms with Crippen molar-refractivity contribution in [2.75, 3.05) is 24.2 Å². The second-order valence-electron chi connectivity index (χ2n) is 7.64. The Kier molecular flexibility index (Phi) is 8.15. The van der Waals surface area contributed by atoms with Gasteiger partial charge >= 0.3 is 0 Å². The molecule has 0 heterocycles. The fraction of sp³-hybridized carbons (Fsp3) is 0.409. The molecule has 1 amide bonds. The van der Waals surface area contributed by atoms with Gasteiger partial charge in [-0.25, -0.2) is 8.42 Å². The molecule has 2 aromatic carbocycles. The first-order valence-electron chi connectivity index (χ1n) is 9.65. The quantitative estimate of drug-likeness (QED) is 0.501. The predicted octanol–water partition coefficient (Wildman–Crippen LogP) is 4.38. The van der Waals surface area contributed by atoms with E-state index in [1.807, 2.05) is 32.0 Å². The van der Waals surface area contributed by atoms with Crippen molar-refractivity contribution >= 4 is 44.2 Å². The Morgan fingerprint density at radius 3 is 2.23 bits per heavy atom. The van der Waals surface area contributed by atoms with Crippen LogP contribution >= 0.6 is 22.6 Å². The number of nitrogens with zero attached hydrogens (tertiary/aromatic N) is 1. The zero-order chi connectivity index (χ0) is 22.6. The molecular formula is C22H29IN2O4S. The number of hydrogen-bond acceptors (Lipinski definition) is 4. The molecule has 8 heteroatoms. The van der Waals surface area contributed by atoms with E-state index in [1.165, 1.54) is 0 Å². The molecule has 0 saturated carbocycles. The van der Waals surface area contributed by atoms with E-state index >= 15 is 0 Å². The Morgan fingerprint density at radius 1 is 1.13 bits per heavy atom. The molecule has 2 aromatic rings. The number of benzene rings is 2. The van der Waals surface area contributed by atoms with E-state index in [2.05, 4.69) is 47.8 Å². The number of carbonyl (C=O) groups is 1. The van der Waals surface area contributed by atoms with Crippen molar-refractivity contribution in [3.63, 3.8) is 0 Å². The summed E-state index contributed by atoms with van der Waals surface area (Å²) in [5.74, 6) is 0.725. The molecule has 0 aromatic heterocycles. The zero-order valence-electron chi connectivity index (χ0n) is 18.2. The molecule has 1 atom stereocenters. The SMILES string of the molecule is COc1cc(C)c([C@@H](C)NC(=O)CN(c2ccc(I)cc2)S(C)(=O)=O)cc1C(C)C. The number of nitrogens with one attached hydrogen (secondary N) is 1. The molecule has 0 fully saturated rings. The Balaban J connectivity index is 2.24. The molecule has 0 spiro atoms. The lowest BCUT2D eigenvalue weighted by Crippen LogP contribution is -2.41. The topological polar surface area (TPSA) is 75.7 Å². The van der Waals surface area contributed by atoms with Crippen LogP contribution in [0.15, 0.2) is 36.4 Å². The summed E-state index contributed by atoms with van der Waals surface area (Å²) >= 11 is 2.15. The number of aryl methyl sites for hydroxylation is 1. The van der Waals surface area contributed by atoms with E-state index in [1.54, 1.807) is 19.2 Å². The van der Waals surface area contributed by atoms with Gasteiger partial charge in [-0.3, -0.25) is 9.10 Å². The van der Waals surface area contributed by atoms with Gasteiger partial charge in [0.25, 0.3) is 0 Å². The number of methoxy groups -OCH3 is 1. The fourth-order valence-electron chi connectivity index (χ4n) is 3.31. The van der Waals surface area contributed by atoms with Gasteiger partial charge in [0.15, 0.2) is 0 Å². The van der Waals surface area contributed by atoms with Crippen LogP contribution in [0.1, 0.15) is 49.4 Å². The van der Waals surface area contributed by atoms with Crippen molar-refractivity contribution in [3.05, 3.63) is 56.7 Å². The van der Waals surface area contributed by atoms with Gasteiger partial charge in [-0.05, 0) is 95.4 Å². The molecule has 0 radical (unpaired) electrons. The summed E-state index contributed by atoms with van der Waals surface area (Å²) in [5, 5.41) is 2.94. The minimum atomic E-state index is -3.61. The summed E-state index contributed by atoms with van der Waals surface area (Å²) in [4.78, 5) is 12.7. The number of rotatable bonds is 8. The van der Waals surface area contributed by atoms with Crippen LogP contribution < -0.4 is 14.4 Å². The average molecular weight is 544 g/mol. The number of sulfonamides is 1. The van der Waals surface area contributed by atoms with E-state index < -0.39 is 10.0 Å². The van der Waals surface area contributed by atoms with Crippen LogP contribution in [0, 0.1) is 10.5 Å². The summed E-state index contributed by atoms with van der Waals surface area (Å²) in [6.45, 7) is 7.76. The monoisotopic (exact) mass is 544 g/mol. The second kappa shape index (κ2) is 10.00. The highest BCUT2D eigenvalue weighted by Gasteiger charge is 2.23. The Labute approximate surface area is 193 Å². The third-order valence-electron chi connectivity index (χ3n) is 4.89. The predicted molar refractivity (Wildman–Crippen MR) is 130 cm³/mol. The van der Waals surface area contributed by atoms with Crippen molar-refractivity contribution in [2.24, 2.45) is 0 Å². The van der Waals surface area contributed by atoms with Crippen molar-refractivity contribution in [1.82, 2.24) is 5.32 Å². The maximum atomic E-state index is 12.7. The van der Waals surface area contributed by atoms with Crippen LogP contribution in [0.4, 0.5) is 5.69 Å². The number of amides is 1. The summed E-state index contributed by atoms with van der Waals surface area (Å²) in [6, 6.07) is 10.8. The van der Waals surface area contributed by atoms with Crippen molar-refractivity contribution in [1.29, 1.82) is 0 Å². The molecule has 30 heavy (non-hydrogen) atoms. The van der Waals surface area contributed by atoms with E-state index in [-0.39, 0.29) is 24.4 Å². The molecule has 6 nitrogen and oxygen atoms in total. The normalized spacial score (nSPS) is 12.5. The molecule has 0 aliphatic rings. The van der Waals surface area contributed by atoms with Crippen LogP contribution in [-0.4, -0.2) is 34.2 Å². The van der Waals surface area contributed by atoms with Gasteiger partial charge in [0.05, 0.1) is 25.1 Å². The number of carbonyl (C=O) groups excluding carboxylic acids is 1. The molecule has 0 unspecified atom stereocenters. The minimum absolute atomic E-state index is 0.267. The minimum Gasteiger partial charge on any atom is -0.496 e. The van der Waals surface area contributed by atoms with E-state index in [0.717, 1.165) is 36.6 Å². The third-order valence-corrected chi connectivity index (χ3v) is 6.75. The summed E-state index contributed by atoms with van der Waals surface area (Å²) in [6.07, 6.45) is 1.10. The lowest BCUT2D eigenvalue weighted by Gasteiger charge is -2.24. The molecule has 1 N–H and O–H groups in total. The van der Waals surface area contributed by atoms with Gasteiger partial charge in [0.1, 0.15) is 12.3 Å². The highest BCUT2D eigenvalue weighted by Crippen LogP contribution is 2.32. The lowest BCUT2D eigenvalue weighted by molar-refractivity contribution is -0.120. The highest BCUT2D eigenvalue weighted by molar-refractivity contribution is 14.1. The Morgan fingerprint density at radius 2 is 1.73 bits per heavy atom. The summed E-state index contributed by atoms with van der Waals surface area (Å²) in [7, 11) is -1.96. The molecular weight excluding hydrogens is 515 g/mol. The maximum absolute atomic E-state index is 12.7. The molecule has 0 aliphatic heterocycles. The van der Waals surface area contributed by atoms with Gasteiger partial charge in [-0.15, -0.1) is 0 Å². The number of anilines is 1. The van der Waals surface area contributed by atoms with Gasteiger partial charge in [0.2, 0.25) is 15.9 Å². The highest BCUT2D eigenvalue weighted by atomic mass is 127. The van der Waals surface area contributed by atoms with Crippen LogP contribution in [0.3, 0.4) is 0 Å². The van der Waals surface area contributed by atoms with E-state index in [9.17, 15) is 13.2 Å². The van der Waals surface area contributed by atoms with Crippen molar-refractivity contribution in [2.45, 2.75) is 39.7 Å². The summed E-state index contributed by atoms with van der Waals surface area (Å²) in [5.41, 5.74) is 3.51. The van der Waals surface area contributed by atoms with Gasteiger partial charge in [0, 0.05) is 3.57 Å². The molecule has 0 aliphatic carbocycles.